The Bertz CT molecular complexity index is 387. The molecule has 3 heteroatoms. The highest BCUT2D eigenvalue weighted by Crippen LogP contribution is 2.18. The fourth-order valence-electron chi connectivity index (χ4n) is 1.28. The third-order valence-corrected chi connectivity index (χ3v) is 2.20. The first-order valence-corrected chi connectivity index (χ1v) is 4.42. The van der Waals surface area contributed by atoms with Gasteiger partial charge in [0.05, 0.1) is 0 Å². The Hall–Kier alpha value is -1.28. The lowest BCUT2D eigenvalue weighted by Gasteiger charge is -2.05. The van der Waals surface area contributed by atoms with Crippen LogP contribution in [0.3, 0.4) is 0 Å². The summed E-state index contributed by atoms with van der Waals surface area (Å²) >= 11 is 6.00. The monoisotopic (exact) mass is 192 g/mol. The van der Waals surface area contributed by atoms with Crippen LogP contribution >= 0.6 is 11.6 Å². The van der Waals surface area contributed by atoms with Crippen LogP contribution in [0.1, 0.15) is 5.69 Å². The van der Waals surface area contributed by atoms with Gasteiger partial charge in [-0.15, -0.1) is 0 Å². The number of hydrogen-bond donors (Lipinski definition) is 0. The van der Waals surface area contributed by atoms with Gasteiger partial charge in [0.15, 0.2) is 0 Å². The van der Waals surface area contributed by atoms with Crippen LogP contribution in [0.25, 0.3) is 5.82 Å². The fourth-order valence-corrected chi connectivity index (χ4v) is 1.57. The first-order valence-electron chi connectivity index (χ1n) is 4.04. The molecule has 0 radical (unpaired) electrons. The molecule has 0 aliphatic carbocycles. The van der Waals surface area contributed by atoms with Gasteiger partial charge in [-0.2, -0.15) is 0 Å². The number of aromatic nitrogens is 2. The van der Waals surface area contributed by atoms with Crippen LogP contribution in [0.2, 0.25) is 5.15 Å². The van der Waals surface area contributed by atoms with Crippen molar-refractivity contribution in [2.75, 3.05) is 0 Å². The Morgan fingerprint density at radius 3 is 2.62 bits per heavy atom. The Morgan fingerprint density at radius 1 is 1.23 bits per heavy atom. The molecule has 0 spiro atoms. The average molecular weight is 193 g/mol. The molecule has 0 unspecified atom stereocenters. The van der Waals surface area contributed by atoms with Crippen molar-refractivity contribution < 1.29 is 0 Å². The highest BCUT2D eigenvalue weighted by atomic mass is 35.5. The molecule has 0 atom stereocenters. The molecule has 0 amide bonds. The SMILES string of the molecule is Cc1ccc(Cl)n1-c1ccccn1. The van der Waals surface area contributed by atoms with E-state index >= 15 is 0 Å². The van der Waals surface area contributed by atoms with Crippen molar-refractivity contribution >= 4 is 11.6 Å². The third-order valence-electron chi connectivity index (χ3n) is 1.91. The van der Waals surface area contributed by atoms with Gasteiger partial charge in [-0.05, 0) is 31.2 Å². The van der Waals surface area contributed by atoms with Crippen LogP contribution in [-0.4, -0.2) is 9.55 Å². The number of halogens is 1. The maximum absolute atomic E-state index is 6.00. The van der Waals surface area contributed by atoms with E-state index in [-0.39, 0.29) is 0 Å². The Kier molecular flexibility index (Phi) is 2.07. The lowest BCUT2D eigenvalue weighted by molar-refractivity contribution is 0.963. The summed E-state index contributed by atoms with van der Waals surface area (Å²) in [5, 5.41) is 0.691. The predicted octanol–water partition coefficient (Wildman–Crippen LogP) is 2.83. The van der Waals surface area contributed by atoms with E-state index in [0.29, 0.717) is 5.15 Å². The van der Waals surface area contributed by atoms with Crippen molar-refractivity contribution in [3.63, 3.8) is 0 Å². The van der Waals surface area contributed by atoms with Gasteiger partial charge < -0.3 is 0 Å². The second-order valence-electron chi connectivity index (χ2n) is 2.82. The van der Waals surface area contributed by atoms with E-state index in [1.54, 1.807) is 6.20 Å². The normalized spacial score (nSPS) is 10.3. The molecular formula is C10H9ClN2. The van der Waals surface area contributed by atoms with Crippen molar-refractivity contribution in [2.45, 2.75) is 6.92 Å². The summed E-state index contributed by atoms with van der Waals surface area (Å²) in [5.74, 6) is 0.856. The minimum atomic E-state index is 0.691. The molecule has 0 bridgehead atoms. The second-order valence-corrected chi connectivity index (χ2v) is 3.21. The van der Waals surface area contributed by atoms with Crippen molar-refractivity contribution in [1.29, 1.82) is 0 Å². The maximum atomic E-state index is 6.00. The highest BCUT2D eigenvalue weighted by Gasteiger charge is 2.04. The van der Waals surface area contributed by atoms with Gasteiger partial charge >= 0.3 is 0 Å². The Labute approximate surface area is 81.8 Å². The van der Waals surface area contributed by atoms with E-state index in [2.05, 4.69) is 4.98 Å². The molecule has 0 saturated carbocycles. The topological polar surface area (TPSA) is 17.8 Å². The molecule has 0 fully saturated rings. The predicted molar refractivity (Wildman–Crippen MR) is 53.3 cm³/mol. The summed E-state index contributed by atoms with van der Waals surface area (Å²) in [7, 11) is 0. The van der Waals surface area contributed by atoms with Gasteiger partial charge in [0.2, 0.25) is 0 Å². The van der Waals surface area contributed by atoms with E-state index in [4.69, 9.17) is 11.6 Å². The first kappa shape index (κ1) is 8.32. The molecule has 0 aliphatic heterocycles. The Balaban J connectivity index is 2.59. The molecule has 2 rings (SSSR count). The first-order chi connectivity index (χ1) is 6.29. The van der Waals surface area contributed by atoms with Crippen molar-refractivity contribution in [2.24, 2.45) is 0 Å². The van der Waals surface area contributed by atoms with Gasteiger partial charge in [0.1, 0.15) is 11.0 Å². The van der Waals surface area contributed by atoms with Crippen molar-refractivity contribution in [1.82, 2.24) is 9.55 Å². The summed E-state index contributed by atoms with van der Waals surface area (Å²) in [6.07, 6.45) is 1.76. The van der Waals surface area contributed by atoms with Gasteiger partial charge in [-0.25, -0.2) is 4.98 Å². The largest absolute Gasteiger partial charge is 0.289 e. The van der Waals surface area contributed by atoms with E-state index in [1.807, 2.05) is 41.8 Å². The molecule has 0 saturated heterocycles. The number of nitrogens with zero attached hydrogens (tertiary/aromatic N) is 2. The van der Waals surface area contributed by atoms with Gasteiger partial charge in [0.25, 0.3) is 0 Å². The van der Waals surface area contributed by atoms with Crippen LogP contribution in [0.15, 0.2) is 36.5 Å². The molecule has 66 valence electrons. The summed E-state index contributed by atoms with van der Waals surface area (Å²) < 4.78 is 1.90. The molecule has 0 N–H and O–H groups in total. The zero-order valence-corrected chi connectivity index (χ0v) is 7.99. The molecular weight excluding hydrogens is 184 g/mol. The standard InChI is InChI=1S/C10H9ClN2/c1-8-5-6-9(11)13(8)10-4-2-3-7-12-10/h2-7H,1H3. The maximum Gasteiger partial charge on any atom is 0.137 e. The third kappa shape index (κ3) is 1.45. The minimum Gasteiger partial charge on any atom is -0.289 e. The van der Waals surface area contributed by atoms with Crippen LogP contribution in [0, 0.1) is 6.92 Å². The summed E-state index contributed by atoms with van der Waals surface area (Å²) in [6, 6.07) is 9.59. The number of pyridine rings is 1. The van der Waals surface area contributed by atoms with Crippen LogP contribution in [0.4, 0.5) is 0 Å². The zero-order chi connectivity index (χ0) is 9.26. The van der Waals surface area contributed by atoms with Gasteiger partial charge in [-0.1, -0.05) is 17.7 Å². The molecule has 2 aromatic rings. The summed E-state index contributed by atoms with van der Waals surface area (Å²) in [6.45, 7) is 2.00. The molecule has 13 heavy (non-hydrogen) atoms. The van der Waals surface area contributed by atoms with E-state index in [1.165, 1.54) is 0 Å². The van der Waals surface area contributed by atoms with Gasteiger partial charge in [-0.3, -0.25) is 4.57 Å². The Morgan fingerprint density at radius 2 is 2.08 bits per heavy atom. The lowest BCUT2D eigenvalue weighted by Crippen LogP contribution is -1.98. The lowest BCUT2D eigenvalue weighted by atomic mass is 10.4. The molecule has 2 nitrogen and oxygen atoms in total. The smallest absolute Gasteiger partial charge is 0.137 e. The molecule has 0 aliphatic rings. The van der Waals surface area contributed by atoms with E-state index in [0.717, 1.165) is 11.5 Å². The van der Waals surface area contributed by atoms with Crippen LogP contribution in [-0.2, 0) is 0 Å². The van der Waals surface area contributed by atoms with Crippen molar-refractivity contribution in [3.05, 3.63) is 47.4 Å². The minimum absolute atomic E-state index is 0.691. The van der Waals surface area contributed by atoms with E-state index in [9.17, 15) is 0 Å². The summed E-state index contributed by atoms with van der Waals surface area (Å²) in [5.41, 5.74) is 1.09. The second kappa shape index (κ2) is 3.23. The van der Waals surface area contributed by atoms with Crippen LogP contribution < -0.4 is 0 Å². The molecule has 2 aromatic heterocycles. The number of rotatable bonds is 1. The summed E-state index contributed by atoms with van der Waals surface area (Å²) in [4.78, 5) is 4.22. The molecule has 2 heterocycles. The highest BCUT2D eigenvalue weighted by molar-refractivity contribution is 6.30. The molecule has 0 aromatic carbocycles. The average Bonchev–Trinajstić information content (AvgIpc) is 2.48. The van der Waals surface area contributed by atoms with Crippen molar-refractivity contribution in [3.8, 4) is 5.82 Å². The zero-order valence-electron chi connectivity index (χ0n) is 7.24. The number of aryl methyl sites for hydroxylation is 1. The fraction of sp³-hybridized carbons (Fsp3) is 0.100. The van der Waals surface area contributed by atoms with Crippen LogP contribution in [0.5, 0.6) is 0 Å². The number of hydrogen-bond acceptors (Lipinski definition) is 1. The van der Waals surface area contributed by atoms with Gasteiger partial charge in [0, 0.05) is 11.9 Å². The van der Waals surface area contributed by atoms with E-state index < -0.39 is 0 Å². The quantitative estimate of drug-likeness (QED) is 0.680.